The van der Waals surface area contributed by atoms with Gasteiger partial charge in [0.2, 0.25) is 0 Å². The maximum Gasteiger partial charge on any atom is 0.272 e. The van der Waals surface area contributed by atoms with Crippen molar-refractivity contribution in [1.82, 2.24) is 25.7 Å². The van der Waals surface area contributed by atoms with E-state index >= 15 is 0 Å². The van der Waals surface area contributed by atoms with E-state index in [4.69, 9.17) is 4.42 Å². The maximum absolute atomic E-state index is 12.2. The fourth-order valence-corrected chi connectivity index (χ4v) is 2.24. The molecule has 0 aromatic carbocycles. The summed E-state index contributed by atoms with van der Waals surface area (Å²) in [6, 6.07) is 5.37. The Morgan fingerprint density at radius 1 is 1.23 bits per heavy atom. The van der Waals surface area contributed by atoms with Gasteiger partial charge in [-0.1, -0.05) is 0 Å². The molecule has 22 heavy (non-hydrogen) atoms. The zero-order chi connectivity index (χ0) is 15.7. The Labute approximate surface area is 127 Å². The Hall–Kier alpha value is -2.83. The van der Waals surface area contributed by atoms with Crippen LogP contribution in [0.15, 0.2) is 22.6 Å². The Morgan fingerprint density at radius 2 is 2.05 bits per heavy atom. The van der Waals surface area contributed by atoms with E-state index in [2.05, 4.69) is 25.7 Å². The van der Waals surface area contributed by atoms with Gasteiger partial charge in [0, 0.05) is 23.9 Å². The first-order chi connectivity index (χ1) is 10.5. The Morgan fingerprint density at radius 3 is 2.68 bits per heavy atom. The first-order valence-corrected chi connectivity index (χ1v) is 6.95. The number of aromatic amines is 2. The zero-order valence-corrected chi connectivity index (χ0v) is 12.7. The molecule has 0 atom stereocenters. The van der Waals surface area contributed by atoms with Crippen LogP contribution in [0.3, 0.4) is 0 Å². The van der Waals surface area contributed by atoms with Crippen molar-refractivity contribution in [2.75, 3.05) is 0 Å². The molecule has 3 heterocycles. The van der Waals surface area contributed by atoms with E-state index < -0.39 is 0 Å². The van der Waals surface area contributed by atoms with Crippen LogP contribution in [-0.2, 0) is 6.54 Å². The standard InChI is InChI=1S/C15H17N5O2/c1-8-4-5-14(22-8)12-6-13(20-19-12)15(21)16-7-11-9(2)17-18-10(11)3/h4-6H,7H2,1-3H3,(H,16,21)(H,17,18)(H,19,20). The number of carbonyl (C=O) groups excluding carboxylic acids is 1. The van der Waals surface area contributed by atoms with Gasteiger partial charge in [-0.25, -0.2) is 0 Å². The normalized spacial score (nSPS) is 10.9. The lowest BCUT2D eigenvalue weighted by molar-refractivity contribution is 0.0946. The van der Waals surface area contributed by atoms with Crippen LogP contribution in [0.5, 0.6) is 0 Å². The molecule has 0 aliphatic rings. The Balaban J connectivity index is 1.69. The van der Waals surface area contributed by atoms with Gasteiger partial charge in [0.05, 0.1) is 5.69 Å². The average Bonchev–Trinajstić information content (AvgIpc) is 3.19. The summed E-state index contributed by atoms with van der Waals surface area (Å²) in [5.41, 5.74) is 3.82. The highest BCUT2D eigenvalue weighted by Gasteiger charge is 2.14. The van der Waals surface area contributed by atoms with Crippen LogP contribution in [0.1, 0.15) is 33.2 Å². The minimum atomic E-state index is -0.245. The highest BCUT2D eigenvalue weighted by molar-refractivity contribution is 5.93. The molecule has 1 amide bonds. The summed E-state index contributed by atoms with van der Waals surface area (Å²) >= 11 is 0. The summed E-state index contributed by atoms with van der Waals surface area (Å²) < 4.78 is 5.50. The summed E-state index contributed by atoms with van der Waals surface area (Å²) in [5.74, 6) is 1.22. The van der Waals surface area contributed by atoms with E-state index in [-0.39, 0.29) is 5.91 Å². The smallest absolute Gasteiger partial charge is 0.272 e. The number of hydrogen-bond acceptors (Lipinski definition) is 4. The van der Waals surface area contributed by atoms with Crippen molar-refractivity contribution in [3.63, 3.8) is 0 Å². The van der Waals surface area contributed by atoms with Crippen LogP contribution in [0.25, 0.3) is 11.5 Å². The first-order valence-electron chi connectivity index (χ1n) is 6.95. The minimum absolute atomic E-state index is 0.245. The molecule has 0 saturated carbocycles. The van der Waals surface area contributed by atoms with E-state index in [0.29, 0.717) is 23.7 Å². The van der Waals surface area contributed by atoms with E-state index in [1.807, 2.05) is 32.9 Å². The molecule has 3 aromatic heterocycles. The lowest BCUT2D eigenvalue weighted by atomic mass is 10.2. The Bertz CT molecular complexity index is 792. The van der Waals surface area contributed by atoms with Crippen molar-refractivity contribution in [2.45, 2.75) is 27.3 Å². The van der Waals surface area contributed by atoms with Gasteiger partial charge in [-0.05, 0) is 32.9 Å². The highest BCUT2D eigenvalue weighted by atomic mass is 16.3. The molecule has 0 unspecified atom stereocenters. The molecule has 0 spiro atoms. The quantitative estimate of drug-likeness (QED) is 0.688. The summed E-state index contributed by atoms with van der Waals surface area (Å²) in [4.78, 5) is 12.2. The third-order valence-corrected chi connectivity index (χ3v) is 3.52. The van der Waals surface area contributed by atoms with Crippen LogP contribution < -0.4 is 5.32 Å². The van der Waals surface area contributed by atoms with Gasteiger partial charge in [0.1, 0.15) is 11.5 Å². The largest absolute Gasteiger partial charge is 0.460 e. The van der Waals surface area contributed by atoms with Crippen molar-refractivity contribution < 1.29 is 9.21 Å². The molecule has 3 N–H and O–H groups in total. The lowest BCUT2D eigenvalue weighted by Gasteiger charge is -2.03. The summed E-state index contributed by atoms with van der Waals surface area (Å²) in [6.07, 6.45) is 0. The second kappa shape index (κ2) is 5.51. The molecule has 0 fully saturated rings. The molecule has 0 bridgehead atoms. The van der Waals surface area contributed by atoms with E-state index in [1.54, 1.807) is 6.07 Å². The number of H-pyrrole nitrogens is 2. The predicted octanol–water partition coefficient (Wildman–Crippen LogP) is 2.25. The zero-order valence-electron chi connectivity index (χ0n) is 12.7. The number of amides is 1. The van der Waals surface area contributed by atoms with Gasteiger partial charge in [-0.2, -0.15) is 10.2 Å². The van der Waals surface area contributed by atoms with Gasteiger partial charge in [-0.15, -0.1) is 0 Å². The molecule has 7 heteroatoms. The molecule has 3 aromatic rings. The monoisotopic (exact) mass is 299 g/mol. The van der Waals surface area contributed by atoms with E-state index in [1.165, 1.54) is 0 Å². The van der Waals surface area contributed by atoms with Crippen molar-refractivity contribution >= 4 is 5.91 Å². The molecule has 3 rings (SSSR count). The number of carbonyl (C=O) groups is 1. The second-order valence-electron chi connectivity index (χ2n) is 5.17. The average molecular weight is 299 g/mol. The fourth-order valence-electron chi connectivity index (χ4n) is 2.24. The third-order valence-electron chi connectivity index (χ3n) is 3.52. The van der Waals surface area contributed by atoms with E-state index in [0.717, 1.165) is 22.7 Å². The molecular formula is C15H17N5O2. The van der Waals surface area contributed by atoms with Crippen LogP contribution >= 0.6 is 0 Å². The van der Waals surface area contributed by atoms with Gasteiger partial charge in [0.25, 0.3) is 5.91 Å². The number of furan rings is 1. The maximum atomic E-state index is 12.2. The minimum Gasteiger partial charge on any atom is -0.460 e. The van der Waals surface area contributed by atoms with Gasteiger partial charge in [0.15, 0.2) is 11.5 Å². The van der Waals surface area contributed by atoms with Gasteiger partial charge in [-0.3, -0.25) is 15.0 Å². The number of aromatic nitrogens is 4. The third kappa shape index (κ3) is 2.65. The van der Waals surface area contributed by atoms with Gasteiger partial charge >= 0.3 is 0 Å². The summed E-state index contributed by atoms with van der Waals surface area (Å²) in [6.45, 7) is 6.10. The van der Waals surface area contributed by atoms with Crippen molar-refractivity contribution in [3.8, 4) is 11.5 Å². The molecule has 0 aliphatic carbocycles. The van der Waals surface area contributed by atoms with E-state index in [9.17, 15) is 4.79 Å². The molecule has 0 saturated heterocycles. The Kier molecular flexibility index (Phi) is 3.54. The van der Waals surface area contributed by atoms with Crippen LogP contribution in [0, 0.1) is 20.8 Å². The topological polar surface area (TPSA) is 99.6 Å². The SMILES string of the molecule is Cc1ccc(-c2cc(C(=O)NCc3c(C)n[nH]c3C)n[nH]2)o1. The predicted molar refractivity (Wildman–Crippen MR) is 80.3 cm³/mol. The van der Waals surface area contributed by atoms with Gasteiger partial charge < -0.3 is 9.73 Å². The van der Waals surface area contributed by atoms with Crippen LogP contribution in [0.2, 0.25) is 0 Å². The number of nitrogens with one attached hydrogen (secondary N) is 3. The summed E-state index contributed by atoms with van der Waals surface area (Å²) in [7, 11) is 0. The number of aryl methyl sites for hydroxylation is 3. The highest BCUT2D eigenvalue weighted by Crippen LogP contribution is 2.20. The van der Waals surface area contributed by atoms with Crippen LogP contribution in [-0.4, -0.2) is 26.3 Å². The second-order valence-corrected chi connectivity index (χ2v) is 5.17. The molecule has 0 radical (unpaired) electrons. The molecule has 7 nitrogen and oxygen atoms in total. The molecule has 114 valence electrons. The number of nitrogens with zero attached hydrogens (tertiary/aromatic N) is 2. The number of rotatable bonds is 4. The lowest BCUT2D eigenvalue weighted by Crippen LogP contribution is -2.23. The fraction of sp³-hybridized carbons (Fsp3) is 0.267. The summed E-state index contributed by atoms with van der Waals surface area (Å²) in [5, 5.41) is 16.7. The first kappa shape index (κ1) is 14.1. The number of hydrogen-bond donors (Lipinski definition) is 3. The van der Waals surface area contributed by atoms with Crippen molar-refractivity contribution in [3.05, 3.63) is 46.6 Å². The van der Waals surface area contributed by atoms with Crippen molar-refractivity contribution in [2.24, 2.45) is 0 Å². The van der Waals surface area contributed by atoms with Crippen LogP contribution in [0.4, 0.5) is 0 Å². The van der Waals surface area contributed by atoms with Crippen molar-refractivity contribution in [1.29, 1.82) is 0 Å². The molecular weight excluding hydrogens is 282 g/mol. The molecule has 0 aliphatic heterocycles.